The van der Waals surface area contributed by atoms with Gasteiger partial charge in [-0.05, 0) is 19.8 Å². The normalized spacial score (nSPS) is 17.3. The van der Waals surface area contributed by atoms with Gasteiger partial charge in [0.05, 0.1) is 30.5 Å². The number of methoxy groups -OCH3 is 1. The number of ether oxygens (including phenoxy) is 1. The van der Waals surface area contributed by atoms with Crippen molar-refractivity contribution in [3.63, 3.8) is 0 Å². The van der Waals surface area contributed by atoms with Crippen LogP contribution in [-0.2, 0) is 33.1 Å². The number of carbonyl (C=O) groups is 1. The Morgan fingerprint density at radius 1 is 1.43 bits per heavy atom. The molecule has 8 nitrogen and oxygen atoms in total. The first-order chi connectivity index (χ1) is 9.78. The highest BCUT2D eigenvalue weighted by atomic mass is 32.2. The highest BCUT2D eigenvalue weighted by Crippen LogP contribution is 2.42. The molecular weight excluding hydrogens is 296 g/mol. The molecule has 0 saturated heterocycles. The van der Waals surface area contributed by atoms with Crippen LogP contribution in [0.5, 0.6) is 0 Å². The van der Waals surface area contributed by atoms with Crippen molar-refractivity contribution in [1.29, 1.82) is 0 Å². The Labute approximate surface area is 123 Å². The maximum absolute atomic E-state index is 12.2. The van der Waals surface area contributed by atoms with Crippen LogP contribution in [0.15, 0.2) is 0 Å². The van der Waals surface area contributed by atoms with E-state index in [4.69, 9.17) is 4.74 Å². The molecule has 1 N–H and O–H groups in total. The van der Waals surface area contributed by atoms with E-state index in [0.29, 0.717) is 24.2 Å². The molecule has 0 amide bonds. The maximum Gasteiger partial charge on any atom is 0.312 e. The van der Waals surface area contributed by atoms with Gasteiger partial charge >= 0.3 is 5.97 Å². The largest absolute Gasteiger partial charge is 0.469 e. The van der Waals surface area contributed by atoms with E-state index in [1.165, 1.54) is 11.9 Å². The molecule has 1 saturated carbocycles. The molecule has 1 aliphatic rings. The van der Waals surface area contributed by atoms with Crippen molar-refractivity contribution >= 4 is 16.0 Å². The van der Waals surface area contributed by atoms with Crippen LogP contribution in [0.3, 0.4) is 0 Å². The fraction of sp³-hybridized carbons (Fsp3) is 0.750. The van der Waals surface area contributed by atoms with Gasteiger partial charge in [-0.2, -0.15) is 15.0 Å². The summed E-state index contributed by atoms with van der Waals surface area (Å²) in [6.07, 6.45) is 1.93. The summed E-state index contributed by atoms with van der Waals surface area (Å²) < 4.78 is 31.6. The molecule has 0 aromatic carbocycles. The Kier molecular flexibility index (Phi) is 4.33. The lowest BCUT2D eigenvalue weighted by Gasteiger charge is -2.38. The van der Waals surface area contributed by atoms with Crippen molar-refractivity contribution in [3.05, 3.63) is 11.4 Å². The number of sulfonamides is 1. The van der Waals surface area contributed by atoms with Crippen LogP contribution in [0, 0.1) is 12.3 Å². The van der Waals surface area contributed by atoms with Crippen LogP contribution in [0.2, 0.25) is 0 Å². The molecule has 0 atom stereocenters. The number of aromatic nitrogens is 3. The molecule has 0 unspecified atom stereocenters. The molecule has 1 aromatic rings. The Morgan fingerprint density at radius 2 is 2.10 bits per heavy atom. The van der Waals surface area contributed by atoms with Gasteiger partial charge in [-0.25, -0.2) is 13.1 Å². The van der Waals surface area contributed by atoms with Crippen molar-refractivity contribution in [2.45, 2.75) is 32.7 Å². The topological polar surface area (TPSA) is 103 Å². The molecule has 1 fully saturated rings. The number of nitrogens with zero attached hydrogens (tertiary/aromatic N) is 3. The third-order valence-corrected chi connectivity index (χ3v) is 5.35. The molecule has 0 radical (unpaired) electrons. The van der Waals surface area contributed by atoms with Gasteiger partial charge in [0.15, 0.2) is 0 Å². The van der Waals surface area contributed by atoms with Crippen molar-refractivity contribution in [1.82, 2.24) is 19.7 Å². The van der Waals surface area contributed by atoms with Gasteiger partial charge in [0.2, 0.25) is 10.0 Å². The second-order valence-corrected chi connectivity index (χ2v) is 7.23. The number of hydrogen-bond donors (Lipinski definition) is 1. The zero-order valence-electron chi connectivity index (χ0n) is 12.4. The predicted octanol–water partition coefficient (Wildman–Crippen LogP) is -0.114. The molecule has 1 heterocycles. The van der Waals surface area contributed by atoms with Gasteiger partial charge in [0, 0.05) is 7.05 Å². The third kappa shape index (κ3) is 3.41. The zero-order chi connectivity index (χ0) is 15.7. The molecular formula is C12H20N4O4S. The number of hydrogen-bond acceptors (Lipinski definition) is 6. The summed E-state index contributed by atoms with van der Waals surface area (Å²) in [7, 11) is -0.633. The SMILES string of the molecule is COC(=O)C1(CS(=O)(=O)NCc2nn(C)nc2C)CCC1. The van der Waals surface area contributed by atoms with E-state index in [1.807, 2.05) is 0 Å². The van der Waals surface area contributed by atoms with E-state index in [-0.39, 0.29) is 12.3 Å². The fourth-order valence-electron chi connectivity index (χ4n) is 2.53. The molecule has 2 rings (SSSR count). The van der Waals surface area contributed by atoms with Gasteiger partial charge in [-0.15, -0.1) is 0 Å². The molecule has 118 valence electrons. The lowest BCUT2D eigenvalue weighted by atomic mass is 9.70. The van der Waals surface area contributed by atoms with E-state index in [1.54, 1.807) is 14.0 Å². The predicted molar refractivity (Wildman–Crippen MR) is 74.7 cm³/mol. The first kappa shape index (κ1) is 15.9. The van der Waals surface area contributed by atoms with Gasteiger partial charge in [-0.3, -0.25) is 4.79 Å². The fourth-order valence-corrected chi connectivity index (χ4v) is 4.12. The van der Waals surface area contributed by atoms with E-state index in [0.717, 1.165) is 6.42 Å². The minimum absolute atomic E-state index is 0.0687. The first-order valence-corrected chi connectivity index (χ1v) is 8.36. The summed E-state index contributed by atoms with van der Waals surface area (Å²) in [5.74, 6) is -0.693. The van der Waals surface area contributed by atoms with E-state index in [9.17, 15) is 13.2 Å². The molecule has 21 heavy (non-hydrogen) atoms. The summed E-state index contributed by atoms with van der Waals surface area (Å²) in [6, 6.07) is 0. The lowest BCUT2D eigenvalue weighted by molar-refractivity contribution is -0.156. The Morgan fingerprint density at radius 3 is 2.52 bits per heavy atom. The zero-order valence-corrected chi connectivity index (χ0v) is 13.2. The second kappa shape index (κ2) is 5.72. The molecule has 9 heteroatoms. The third-order valence-electron chi connectivity index (χ3n) is 3.83. The molecule has 0 bridgehead atoms. The minimum atomic E-state index is -3.59. The summed E-state index contributed by atoms with van der Waals surface area (Å²) >= 11 is 0. The second-order valence-electron chi connectivity index (χ2n) is 5.43. The Balaban J connectivity index is 2.02. The maximum atomic E-state index is 12.2. The Hall–Kier alpha value is -1.48. The van der Waals surface area contributed by atoms with Crippen LogP contribution in [0.25, 0.3) is 0 Å². The van der Waals surface area contributed by atoms with E-state index in [2.05, 4.69) is 14.9 Å². The van der Waals surface area contributed by atoms with Crippen LogP contribution in [0.1, 0.15) is 30.7 Å². The highest BCUT2D eigenvalue weighted by Gasteiger charge is 2.48. The van der Waals surface area contributed by atoms with Crippen LogP contribution < -0.4 is 4.72 Å². The van der Waals surface area contributed by atoms with Crippen LogP contribution >= 0.6 is 0 Å². The number of esters is 1. The molecule has 1 aliphatic carbocycles. The van der Waals surface area contributed by atoms with E-state index < -0.39 is 21.4 Å². The number of aryl methyl sites for hydroxylation is 2. The average molecular weight is 316 g/mol. The smallest absolute Gasteiger partial charge is 0.312 e. The highest BCUT2D eigenvalue weighted by molar-refractivity contribution is 7.89. The van der Waals surface area contributed by atoms with Gasteiger partial charge in [0.25, 0.3) is 0 Å². The van der Waals surface area contributed by atoms with Crippen molar-refractivity contribution < 1.29 is 17.9 Å². The molecule has 1 aromatic heterocycles. The van der Waals surface area contributed by atoms with Crippen LogP contribution in [0.4, 0.5) is 0 Å². The Bertz CT molecular complexity index is 634. The quantitative estimate of drug-likeness (QED) is 0.734. The van der Waals surface area contributed by atoms with Gasteiger partial charge in [-0.1, -0.05) is 6.42 Å². The van der Waals surface area contributed by atoms with Crippen molar-refractivity contribution in [2.75, 3.05) is 12.9 Å². The molecule has 0 aliphatic heterocycles. The minimum Gasteiger partial charge on any atom is -0.469 e. The van der Waals surface area contributed by atoms with Crippen molar-refractivity contribution in [2.24, 2.45) is 12.5 Å². The standard InChI is InChI=1S/C12H20N4O4S/c1-9-10(15-16(2)14-9)7-13-21(18,19)8-12(5-4-6-12)11(17)20-3/h13H,4-8H2,1-3H3. The summed E-state index contributed by atoms with van der Waals surface area (Å²) in [4.78, 5) is 13.2. The number of carbonyl (C=O) groups excluding carboxylic acids is 1. The number of rotatable bonds is 6. The number of nitrogens with one attached hydrogen (secondary N) is 1. The molecule has 0 spiro atoms. The van der Waals surface area contributed by atoms with Gasteiger partial charge < -0.3 is 4.74 Å². The summed E-state index contributed by atoms with van der Waals surface area (Å²) in [5.41, 5.74) is 0.353. The summed E-state index contributed by atoms with van der Waals surface area (Å²) in [6.45, 7) is 1.83. The van der Waals surface area contributed by atoms with E-state index >= 15 is 0 Å². The monoisotopic (exact) mass is 316 g/mol. The van der Waals surface area contributed by atoms with Crippen LogP contribution in [-0.4, -0.2) is 42.2 Å². The van der Waals surface area contributed by atoms with Crippen molar-refractivity contribution in [3.8, 4) is 0 Å². The van der Waals surface area contributed by atoms with Gasteiger partial charge in [0.1, 0.15) is 5.69 Å². The first-order valence-electron chi connectivity index (χ1n) is 6.70. The lowest BCUT2D eigenvalue weighted by Crippen LogP contribution is -2.47. The summed E-state index contributed by atoms with van der Waals surface area (Å²) in [5, 5.41) is 8.13. The average Bonchev–Trinajstić information content (AvgIpc) is 2.69.